The largest absolute Gasteiger partial charge is 0.389 e. The van der Waals surface area contributed by atoms with Gasteiger partial charge in [-0.25, -0.2) is 0 Å². The molecule has 2 heterocycles. The number of nitrogens with one attached hydrogen (secondary N) is 1. The Balaban J connectivity index is 1.83. The second kappa shape index (κ2) is 7.01. The Morgan fingerprint density at radius 1 is 1.40 bits per heavy atom. The first-order valence-electron chi connectivity index (χ1n) is 7.13. The molecule has 0 saturated carbocycles. The van der Waals surface area contributed by atoms with E-state index in [9.17, 15) is 14.7 Å². The summed E-state index contributed by atoms with van der Waals surface area (Å²) >= 11 is 0. The lowest BCUT2D eigenvalue weighted by molar-refractivity contribution is -0.131. The molecule has 2 fully saturated rings. The molecule has 0 aromatic heterocycles. The molecule has 0 aromatic carbocycles. The summed E-state index contributed by atoms with van der Waals surface area (Å²) < 4.78 is 5.14. The third kappa shape index (κ3) is 4.16. The van der Waals surface area contributed by atoms with Crippen LogP contribution in [-0.2, 0) is 14.3 Å². The van der Waals surface area contributed by atoms with E-state index in [0.717, 1.165) is 19.4 Å². The molecule has 7 heteroatoms. The minimum absolute atomic E-state index is 0.0508. The summed E-state index contributed by atoms with van der Waals surface area (Å²) in [4.78, 5) is 25.1. The number of piperidine rings is 1. The molecule has 2 aliphatic heterocycles. The van der Waals surface area contributed by atoms with Crippen LogP contribution < -0.4 is 11.1 Å². The van der Waals surface area contributed by atoms with Crippen LogP contribution in [-0.4, -0.2) is 66.8 Å². The van der Waals surface area contributed by atoms with Crippen molar-refractivity contribution in [2.24, 2.45) is 11.7 Å². The first-order valence-corrected chi connectivity index (χ1v) is 7.13. The minimum atomic E-state index is -0.641. The molecule has 2 rings (SSSR count). The van der Waals surface area contributed by atoms with Gasteiger partial charge in [0.15, 0.2) is 0 Å². The van der Waals surface area contributed by atoms with Gasteiger partial charge < -0.3 is 20.9 Å². The second-order valence-electron chi connectivity index (χ2n) is 5.59. The molecular formula is C13H23N3O4. The molecule has 0 spiro atoms. The van der Waals surface area contributed by atoms with Crippen molar-refractivity contribution in [1.82, 2.24) is 10.2 Å². The molecule has 0 radical (unpaired) electrons. The first kappa shape index (κ1) is 15.2. The van der Waals surface area contributed by atoms with Gasteiger partial charge in [0.2, 0.25) is 11.8 Å². The number of aliphatic hydroxyl groups excluding tert-OH is 1. The van der Waals surface area contributed by atoms with Gasteiger partial charge in [0, 0.05) is 13.2 Å². The zero-order valence-corrected chi connectivity index (χ0v) is 11.6. The normalized spacial score (nSPS) is 31.8. The smallest absolute Gasteiger partial charge is 0.231 e. The van der Waals surface area contributed by atoms with E-state index >= 15 is 0 Å². The number of aliphatic hydroxyl groups is 1. The van der Waals surface area contributed by atoms with E-state index in [2.05, 4.69) is 5.32 Å². The van der Waals surface area contributed by atoms with Gasteiger partial charge in [-0.1, -0.05) is 0 Å². The second-order valence-corrected chi connectivity index (χ2v) is 5.59. The van der Waals surface area contributed by atoms with Gasteiger partial charge in [-0.15, -0.1) is 0 Å². The van der Waals surface area contributed by atoms with E-state index in [0.29, 0.717) is 19.6 Å². The first-order chi connectivity index (χ1) is 9.56. The average molecular weight is 285 g/mol. The van der Waals surface area contributed by atoms with Crippen LogP contribution in [0.5, 0.6) is 0 Å². The summed E-state index contributed by atoms with van der Waals surface area (Å²) in [5, 5.41) is 12.7. The summed E-state index contributed by atoms with van der Waals surface area (Å²) in [6.07, 6.45) is 1.67. The summed E-state index contributed by atoms with van der Waals surface area (Å²) in [6, 6.07) is -0.234. The highest BCUT2D eigenvalue weighted by Crippen LogP contribution is 2.17. The number of hydrogen-bond acceptors (Lipinski definition) is 5. The molecule has 2 aliphatic rings. The zero-order chi connectivity index (χ0) is 14.5. The van der Waals surface area contributed by atoms with Crippen molar-refractivity contribution < 1.29 is 19.4 Å². The lowest BCUT2D eigenvalue weighted by Crippen LogP contribution is -2.52. The van der Waals surface area contributed by atoms with Crippen LogP contribution in [0.2, 0.25) is 0 Å². The highest BCUT2D eigenvalue weighted by Gasteiger charge is 2.30. The van der Waals surface area contributed by atoms with Crippen molar-refractivity contribution >= 4 is 11.8 Å². The fourth-order valence-corrected chi connectivity index (χ4v) is 2.83. The van der Waals surface area contributed by atoms with E-state index in [1.54, 1.807) is 0 Å². The van der Waals surface area contributed by atoms with Gasteiger partial charge in [0.25, 0.3) is 0 Å². The SMILES string of the molecule is NC(=O)CN1CCCC(C(=O)N[C@@H]2CCOC[C@H]2O)C1. The van der Waals surface area contributed by atoms with E-state index in [1.807, 2.05) is 4.90 Å². The lowest BCUT2D eigenvalue weighted by atomic mass is 9.96. The fraction of sp³-hybridized carbons (Fsp3) is 0.846. The van der Waals surface area contributed by atoms with Crippen molar-refractivity contribution in [2.75, 3.05) is 32.8 Å². The fourth-order valence-electron chi connectivity index (χ4n) is 2.83. The Bertz CT molecular complexity index is 364. The third-order valence-electron chi connectivity index (χ3n) is 3.91. The van der Waals surface area contributed by atoms with E-state index in [4.69, 9.17) is 10.5 Å². The van der Waals surface area contributed by atoms with Crippen LogP contribution in [0.1, 0.15) is 19.3 Å². The molecule has 114 valence electrons. The van der Waals surface area contributed by atoms with Crippen LogP contribution in [0.25, 0.3) is 0 Å². The van der Waals surface area contributed by atoms with Crippen molar-refractivity contribution in [3.63, 3.8) is 0 Å². The predicted molar refractivity (Wildman–Crippen MR) is 71.7 cm³/mol. The lowest BCUT2D eigenvalue weighted by Gasteiger charge is -2.34. The molecule has 7 nitrogen and oxygen atoms in total. The van der Waals surface area contributed by atoms with Gasteiger partial charge in [0.05, 0.1) is 31.2 Å². The molecule has 3 atom stereocenters. The van der Waals surface area contributed by atoms with Crippen LogP contribution >= 0.6 is 0 Å². The van der Waals surface area contributed by atoms with Gasteiger partial charge in [0.1, 0.15) is 0 Å². The summed E-state index contributed by atoms with van der Waals surface area (Å²) in [6.45, 7) is 2.37. The number of amides is 2. The number of carbonyl (C=O) groups is 2. The Morgan fingerprint density at radius 3 is 2.90 bits per heavy atom. The number of carbonyl (C=O) groups excluding carboxylic acids is 2. The van der Waals surface area contributed by atoms with Crippen molar-refractivity contribution in [3.8, 4) is 0 Å². The summed E-state index contributed by atoms with van der Waals surface area (Å²) in [5.41, 5.74) is 5.18. The minimum Gasteiger partial charge on any atom is -0.389 e. The number of hydrogen-bond donors (Lipinski definition) is 3. The highest BCUT2D eigenvalue weighted by atomic mass is 16.5. The maximum absolute atomic E-state index is 12.2. The molecule has 0 bridgehead atoms. The maximum Gasteiger partial charge on any atom is 0.231 e. The molecule has 2 amide bonds. The zero-order valence-electron chi connectivity index (χ0n) is 11.6. The Labute approximate surface area is 118 Å². The standard InChI is InChI=1S/C13H23N3O4/c14-12(18)7-16-4-1-2-9(6-16)13(19)15-10-3-5-20-8-11(10)17/h9-11,17H,1-8H2,(H2,14,18)(H,15,19)/t9?,10-,11-/m1/s1. The molecule has 0 aromatic rings. The number of rotatable bonds is 4. The molecule has 0 aliphatic carbocycles. The maximum atomic E-state index is 12.2. The Kier molecular flexibility index (Phi) is 5.33. The molecule has 4 N–H and O–H groups in total. The predicted octanol–water partition coefficient (Wildman–Crippen LogP) is -1.55. The summed E-state index contributed by atoms with van der Waals surface area (Å²) in [5.74, 6) is -0.561. The number of likely N-dealkylation sites (tertiary alicyclic amines) is 1. The van der Waals surface area contributed by atoms with Crippen LogP contribution in [0.4, 0.5) is 0 Å². The quantitative estimate of drug-likeness (QED) is 0.580. The van der Waals surface area contributed by atoms with E-state index < -0.39 is 6.10 Å². The summed E-state index contributed by atoms with van der Waals surface area (Å²) in [7, 11) is 0. The Hall–Kier alpha value is -1.18. The van der Waals surface area contributed by atoms with Gasteiger partial charge in [-0.2, -0.15) is 0 Å². The monoisotopic (exact) mass is 285 g/mol. The molecule has 1 unspecified atom stereocenters. The Morgan fingerprint density at radius 2 is 2.20 bits per heavy atom. The van der Waals surface area contributed by atoms with Crippen molar-refractivity contribution in [2.45, 2.75) is 31.4 Å². The highest BCUT2D eigenvalue weighted by molar-refractivity contribution is 5.80. The average Bonchev–Trinajstić information content (AvgIpc) is 2.41. The van der Waals surface area contributed by atoms with Crippen LogP contribution in [0, 0.1) is 5.92 Å². The number of nitrogens with zero attached hydrogens (tertiary/aromatic N) is 1. The molecule has 20 heavy (non-hydrogen) atoms. The number of nitrogens with two attached hydrogens (primary N) is 1. The van der Waals surface area contributed by atoms with E-state index in [1.165, 1.54) is 0 Å². The van der Waals surface area contributed by atoms with Gasteiger partial charge in [-0.05, 0) is 25.8 Å². The van der Waals surface area contributed by atoms with Gasteiger partial charge >= 0.3 is 0 Å². The van der Waals surface area contributed by atoms with Crippen molar-refractivity contribution in [3.05, 3.63) is 0 Å². The number of ether oxygens (including phenoxy) is 1. The third-order valence-corrected chi connectivity index (χ3v) is 3.91. The molecular weight excluding hydrogens is 262 g/mol. The number of primary amides is 1. The van der Waals surface area contributed by atoms with Gasteiger partial charge in [-0.3, -0.25) is 14.5 Å². The molecule has 2 saturated heterocycles. The van der Waals surface area contributed by atoms with Crippen LogP contribution in [0.3, 0.4) is 0 Å². The topological polar surface area (TPSA) is 105 Å². The van der Waals surface area contributed by atoms with Crippen molar-refractivity contribution in [1.29, 1.82) is 0 Å². The van der Waals surface area contributed by atoms with E-state index in [-0.39, 0.29) is 36.9 Å². The van der Waals surface area contributed by atoms with Crippen LogP contribution in [0.15, 0.2) is 0 Å².